The molecule has 4 rings (SSSR count). The van der Waals surface area contributed by atoms with Gasteiger partial charge in [0.15, 0.2) is 17.4 Å². The van der Waals surface area contributed by atoms with Gasteiger partial charge in [0.2, 0.25) is 5.88 Å². The van der Waals surface area contributed by atoms with Crippen LogP contribution < -0.4 is 9.64 Å². The topological polar surface area (TPSA) is 45.9 Å². The van der Waals surface area contributed by atoms with Crippen LogP contribution in [0.1, 0.15) is 22.5 Å². The summed E-state index contributed by atoms with van der Waals surface area (Å²) in [6.07, 6.45) is 0.548. The number of carbonyl (C=O) groups is 1. The maximum Gasteiger partial charge on any atom is 0.327 e. The quantitative estimate of drug-likeness (QED) is 0.571. The fraction of sp³-hybridized carbons (Fsp3) is 0.208. The molecule has 0 aliphatic carbocycles. The predicted octanol–water partition coefficient (Wildman–Crippen LogP) is 4.73. The molecule has 2 aromatic carbocycles. The molecule has 0 saturated carbocycles. The van der Waals surface area contributed by atoms with E-state index in [2.05, 4.69) is 11.8 Å². The molecule has 0 saturated heterocycles. The molecule has 0 unspecified atom stereocenters. The van der Waals surface area contributed by atoms with Crippen LogP contribution in [0.4, 0.5) is 19.5 Å². The van der Waals surface area contributed by atoms with Crippen molar-refractivity contribution in [2.75, 3.05) is 19.1 Å². The molecule has 7 heteroatoms. The summed E-state index contributed by atoms with van der Waals surface area (Å²) in [5.41, 5.74) is 2.36. The van der Waals surface area contributed by atoms with Crippen LogP contribution in [0.5, 0.6) is 5.75 Å². The molecule has 0 spiro atoms. The number of anilines is 1. The summed E-state index contributed by atoms with van der Waals surface area (Å²) < 4.78 is 37.6. The van der Waals surface area contributed by atoms with Crippen molar-refractivity contribution in [3.63, 3.8) is 0 Å². The van der Waals surface area contributed by atoms with E-state index in [1.54, 1.807) is 25.1 Å². The number of urea groups is 1. The maximum atomic E-state index is 13.5. The molecule has 0 radical (unpaired) electrons. The van der Waals surface area contributed by atoms with Gasteiger partial charge in [-0.3, -0.25) is 4.90 Å². The van der Waals surface area contributed by atoms with Crippen molar-refractivity contribution >= 4 is 11.9 Å². The minimum atomic E-state index is -0.936. The van der Waals surface area contributed by atoms with Crippen LogP contribution >= 0.6 is 0 Å². The summed E-state index contributed by atoms with van der Waals surface area (Å²) in [5.74, 6) is 5.92. The predicted molar refractivity (Wildman–Crippen MR) is 112 cm³/mol. The molecule has 0 bridgehead atoms. The molecule has 0 N–H and O–H groups in total. The third-order valence-electron chi connectivity index (χ3n) is 5.03. The average molecular weight is 422 g/mol. The lowest BCUT2D eigenvalue weighted by molar-refractivity contribution is 0.195. The van der Waals surface area contributed by atoms with Crippen molar-refractivity contribution in [3.8, 4) is 17.6 Å². The van der Waals surface area contributed by atoms with E-state index in [0.29, 0.717) is 30.2 Å². The van der Waals surface area contributed by atoms with E-state index in [4.69, 9.17) is 9.15 Å². The van der Waals surface area contributed by atoms with Gasteiger partial charge in [-0.25, -0.2) is 13.6 Å². The molecular weight excluding hydrogens is 402 g/mol. The Morgan fingerprint density at radius 2 is 1.81 bits per heavy atom. The Labute approximate surface area is 178 Å². The number of methoxy groups -OCH3 is 1. The summed E-state index contributed by atoms with van der Waals surface area (Å²) in [7, 11) is 3.23. The van der Waals surface area contributed by atoms with Gasteiger partial charge in [-0.2, -0.15) is 0 Å². The normalized spacial score (nSPS) is 13.0. The van der Waals surface area contributed by atoms with Crippen LogP contribution in [0.15, 0.2) is 52.9 Å². The Morgan fingerprint density at radius 3 is 2.52 bits per heavy atom. The second-order valence-corrected chi connectivity index (χ2v) is 7.21. The van der Waals surface area contributed by atoms with Crippen molar-refractivity contribution in [1.82, 2.24) is 4.90 Å². The summed E-state index contributed by atoms with van der Waals surface area (Å²) in [4.78, 5) is 15.6. The maximum absolute atomic E-state index is 13.5. The Hall–Kier alpha value is -3.79. The first-order valence-corrected chi connectivity index (χ1v) is 9.65. The number of rotatable bonds is 4. The third kappa shape index (κ3) is 4.38. The second-order valence-electron chi connectivity index (χ2n) is 7.21. The van der Waals surface area contributed by atoms with Gasteiger partial charge in [0, 0.05) is 31.6 Å². The highest BCUT2D eigenvalue weighted by Gasteiger charge is 2.31. The smallest absolute Gasteiger partial charge is 0.327 e. The number of ether oxygens (including phenoxy) is 1. The minimum absolute atomic E-state index is 0.156. The largest absolute Gasteiger partial charge is 0.497 e. The molecule has 2 amide bonds. The minimum Gasteiger partial charge on any atom is -0.497 e. The van der Waals surface area contributed by atoms with Crippen LogP contribution in [0.3, 0.4) is 0 Å². The van der Waals surface area contributed by atoms with Gasteiger partial charge in [0.25, 0.3) is 0 Å². The number of hydrogen-bond donors (Lipinski definition) is 0. The number of hydrogen-bond acceptors (Lipinski definition) is 3. The monoisotopic (exact) mass is 422 g/mol. The Balaban J connectivity index is 1.48. The lowest BCUT2D eigenvalue weighted by Crippen LogP contribution is -2.44. The number of halogens is 2. The molecule has 0 atom stereocenters. The first-order chi connectivity index (χ1) is 14.9. The van der Waals surface area contributed by atoms with Crippen LogP contribution in [0, 0.1) is 23.5 Å². The molecule has 1 aliphatic heterocycles. The van der Waals surface area contributed by atoms with E-state index in [9.17, 15) is 13.6 Å². The zero-order valence-electron chi connectivity index (χ0n) is 17.1. The van der Waals surface area contributed by atoms with Crippen molar-refractivity contribution in [3.05, 3.63) is 82.6 Å². The molecule has 1 aromatic heterocycles. The fourth-order valence-corrected chi connectivity index (χ4v) is 3.41. The highest BCUT2D eigenvalue weighted by atomic mass is 19.2. The first-order valence-electron chi connectivity index (χ1n) is 9.65. The van der Waals surface area contributed by atoms with Crippen molar-refractivity contribution in [1.29, 1.82) is 0 Å². The Bertz CT molecular complexity index is 1180. The Kier molecular flexibility index (Phi) is 5.63. The zero-order chi connectivity index (χ0) is 22.0. The van der Waals surface area contributed by atoms with Crippen LogP contribution in [0.2, 0.25) is 0 Å². The number of carbonyl (C=O) groups excluding carboxylic acids is 1. The van der Waals surface area contributed by atoms with Gasteiger partial charge in [-0.15, -0.1) is 0 Å². The van der Waals surface area contributed by atoms with Crippen molar-refractivity contribution < 1.29 is 22.7 Å². The average Bonchev–Trinajstić information content (AvgIpc) is 3.18. The van der Waals surface area contributed by atoms with Gasteiger partial charge in [-0.05, 0) is 41.3 Å². The molecule has 0 fully saturated rings. The van der Waals surface area contributed by atoms with E-state index in [-0.39, 0.29) is 12.6 Å². The molecule has 2 heterocycles. The summed E-state index contributed by atoms with van der Waals surface area (Å²) >= 11 is 0. The van der Waals surface area contributed by atoms with Crippen LogP contribution in [-0.4, -0.2) is 25.1 Å². The number of benzene rings is 2. The molecule has 1 aliphatic rings. The van der Waals surface area contributed by atoms with Gasteiger partial charge >= 0.3 is 6.03 Å². The third-order valence-corrected chi connectivity index (χ3v) is 5.03. The van der Waals surface area contributed by atoms with E-state index < -0.39 is 11.6 Å². The van der Waals surface area contributed by atoms with Crippen LogP contribution in [-0.2, 0) is 19.5 Å². The zero-order valence-corrected chi connectivity index (χ0v) is 17.1. The molecule has 158 valence electrons. The lowest BCUT2D eigenvalue weighted by Gasteiger charge is -2.32. The van der Waals surface area contributed by atoms with Gasteiger partial charge < -0.3 is 14.1 Å². The SMILES string of the molecule is COc1ccc(CC#Cc2cc3c(o2)N(C)C(=O)N(Cc2ccc(F)c(F)c2)C3)cc1. The number of fused-ring (bicyclic) bond motifs is 1. The van der Waals surface area contributed by atoms with E-state index in [1.165, 1.54) is 11.0 Å². The molecule has 31 heavy (non-hydrogen) atoms. The molecule has 3 aromatic rings. The summed E-state index contributed by atoms with van der Waals surface area (Å²) in [5, 5.41) is 0. The van der Waals surface area contributed by atoms with Gasteiger partial charge in [-0.1, -0.05) is 24.1 Å². The van der Waals surface area contributed by atoms with E-state index in [0.717, 1.165) is 29.0 Å². The molecule has 5 nitrogen and oxygen atoms in total. The van der Waals surface area contributed by atoms with E-state index in [1.807, 2.05) is 24.3 Å². The van der Waals surface area contributed by atoms with Gasteiger partial charge in [0.05, 0.1) is 13.7 Å². The van der Waals surface area contributed by atoms with Gasteiger partial charge in [0.1, 0.15) is 5.75 Å². The number of amides is 2. The first kappa shape index (κ1) is 20.5. The lowest BCUT2D eigenvalue weighted by atomic mass is 10.1. The van der Waals surface area contributed by atoms with Crippen LogP contribution in [0.25, 0.3) is 0 Å². The van der Waals surface area contributed by atoms with E-state index >= 15 is 0 Å². The van der Waals surface area contributed by atoms with Crippen molar-refractivity contribution in [2.45, 2.75) is 19.5 Å². The Morgan fingerprint density at radius 1 is 1.06 bits per heavy atom. The summed E-state index contributed by atoms with van der Waals surface area (Å²) in [6, 6.07) is 12.8. The summed E-state index contributed by atoms with van der Waals surface area (Å²) in [6.45, 7) is 0.449. The second kappa shape index (κ2) is 8.52. The molecular formula is C24H20F2N2O3. The van der Waals surface area contributed by atoms with Crippen molar-refractivity contribution in [2.24, 2.45) is 0 Å². The highest BCUT2D eigenvalue weighted by Crippen LogP contribution is 2.31. The number of nitrogens with zero attached hydrogens (tertiary/aromatic N) is 2. The number of furan rings is 1. The standard InChI is InChI=1S/C24H20F2N2O3/c1-27-23-18(15-28(24(27)29)14-17-8-11-21(25)22(26)12-17)13-20(31-23)5-3-4-16-6-9-19(30-2)10-7-16/h6-13H,4,14-15H2,1-2H3. The fourth-order valence-electron chi connectivity index (χ4n) is 3.41. The highest BCUT2D eigenvalue weighted by molar-refractivity contribution is 5.92.